The third-order valence-corrected chi connectivity index (χ3v) is 4.16. The van der Waals surface area contributed by atoms with Crippen LogP contribution in [0.4, 0.5) is 13.2 Å². The highest BCUT2D eigenvalue weighted by Crippen LogP contribution is 2.35. The fraction of sp³-hybridized carbons (Fsp3) is 0.400. The molecule has 1 atom stereocenters. The molecule has 1 aromatic heterocycles. The van der Waals surface area contributed by atoms with Gasteiger partial charge in [-0.1, -0.05) is 30.7 Å². The smallest absolute Gasteiger partial charge is 0.327 e. The molecule has 6 heteroatoms. The fourth-order valence-electron chi connectivity index (χ4n) is 2.73. The van der Waals surface area contributed by atoms with E-state index >= 15 is 0 Å². The first kappa shape index (κ1) is 14.4. The summed E-state index contributed by atoms with van der Waals surface area (Å²) in [5.74, 6) is 1.04. The van der Waals surface area contributed by atoms with Crippen molar-refractivity contribution in [3.05, 3.63) is 40.7 Å². The highest BCUT2D eigenvalue weighted by Gasteiger charge is 2.31. The second kappa shape index (κ2) is 5.05. The van der Waals surface area contributed by atoms with Crippen molar-refractivity contribution in [3.63, 3.8) is 0 Å². The Morgan fingerprint density at radius 3 is 2.81 bits per heavy atom. The maximum absolute atomic E-state index is 12.8. The largest absolute Gasteiger partial charge is 0.416 e. The molecule has 0 bridgehead atoms. The van der Waals surface area contributed by atoms with Crippen molar-refractivity contribution in [1.82, 2.24) is 9.55 Å². The molecule has 1 aliphatic heterocycles. The molecule has 0 fully saturated rings. The zero-order chi connectivity index (χ0) is 15.2. The number of fused-ring (bicyclic) bond motifs is 1. The van der Waals surface area contributed by atoms with Gasteiger partial charge in [0.15, 0.2) is 5.15 Å². The van der Waals surface area contributed by atoms with E-state index < -0.39 is 11.7 Å². The zero-order valence-corrected chi connectivity index (χ0v) is 12.2. The van der Waals surface area contributed by atoms with Gasteiger partial charge in [0.2, 0.25) is 0 Å². The summed E-state index contributed by atoms with van der Waals surface area (Å²) in [5.41, 5.74) is 0.702. The van der Waals surface area contributed by atoms with Gasteiger partial charge in [0.25, 0.3) is 0 Å². The van der Waals surface area contributed by atoms with E-state index in [1.165, 1.54) is 6.07 Å². The Labute approximate surface area is 125 Å². The molecule has 0 saturated carbocycles. The summed E-state index contributed by atoms with van der Waals surface area (Å²) < 4.78 is 40.4. The number of halogens is 4. The minimum atomic E-state index is -4.36. The van der Waals surface area contributed by atoms with Crippen molar-refractivity contribution >= 4 is 11.6 Å². The van der Waals surface area contributed by atoms with E-state index in [0.29, 0.717) is 22.5 Å². The van der Waals surface area contributed by atoms with Gasteiger partial charge in [0, 0.05) is 12.1 Å². The average molecular weight is 315 g/mol. The van der Waals surface area contributed by atoms with Crippen LogP contribution in [0.5, 0.6) is 0 Å². The molecule has 21 heavy (non-hydrogen) atoms. The van der Waals surface area contributed by atoms with Crippen LogP contribution >= 0.6 is 11.6 Å². The lowest BCUT2D eigenvalue weighted by atomic mass is 9.98. The van der Waals surface area contributed by atoms with Crippen molar-refractivity contribution < 1.29 is 13.2 Å². The third kappa shape index (κ3) is 2.67. The van der Waals surface area contributed by atoms with E-state index in [2.05, 4.69) is 11.9 Å². The van der Waals surface area contributed by atoms with Crippen LogP contribution in [-0.4, -0.2) is 9.55 Å². The Morgan fingerprint density at radius 1 is 1.33 bits per heavy atom. The normalized spacial score (nSPS) is 18.6. The molecule has 0 saturated heterocycles. The first-order chi connectivity index (χ1) is 9.86. The molecule has 112 valence electrons. The highest BCUT2D eigenvalue weighted by atomic mass is 35.5. The molecule has 0 radical (unpaired) electrons. The summed E-state index contributed by atoms with van der Waals surface area (Å²) in [4.78, 5) is 4.28. The molecule has 2 nitrogen and oxygen atoms in total. The van der Waals surface area contributed by atoms with E-state index in [1.807, 2.05) is 4.57 Å². The molecule has 1 aliphatic rings. The van der Waals surface area contributed by atoms with Crippen molar-refractivity contribution in [2.24, 2.45) is 5.92 Å². The van der Waals surface area contributed by atoms with Crippen molar-refractivity contribution in [1.29, 1.82) is 0 Å². The molecule has 0 aliphatic carbocycles. The van der Waals surface area contributed by atoms with Crippen molar-refractivity contribution in [2.75, 3.05) is 0 Å². The van der Waals surface area contributed by atoms with E-state index in [0.717, 1.165) is 37.2 Å². The number of nitrogens with zero attached hydrogens (tertiary/aromatic N) is 2. The van der Waals surface area contributed by atoms with Gasteiger partial charge in [-0.25, -0.2) is 4.98 Å². The summed E-state index contributed by atoms with van der Waals surface area (Å²) in [6.07, 6.45) is -2.57. The Balaban J connectivity index is 2.08. The van der Waals surface area contributed by atoms with Gasteiger partial charge >= 0.3 is 6.18 Å². The second-order valence-electron chi connectivity index (χ2n) is 5.50. The van der Waals surface area contributed by atoms with E-state index in [9.17, 15) is 13.2 Å². The molecule has 0 amide bonds. The van der Waals surface area contributed by atoms with Crippen LogP contribution in [0, 0.1) is 5.92 Å². The summed E-state index contributed by atoms with van der Waals surface area (Å²) in [7, 11) is 0. The Bertz CT molecular complexity index is 676. The molecular formula is C15H14ClF3N2. The number of hydrogen-bond donors (Lipinski definition) is 0. The van der Waals surface area contributed by atoms with Gasteiger partial charge in [0.1, 0.15) is 5.82 Å². The highest BCUT2D eigenvalue weighted by molar-refractivity contribution is 6.30. The van der Waals surface area contributed by atoms with Crippen LogP contribution in [-0.2, 0) is 19.1 Å². The lowest BCUT2D eigenvalue weighted by Gasteiger charge is -2.22. The average Bonchev–Trinajstić information content (AvgIpc) is 2.75. The topological polar surface area (TPSA) is 17.8 Å². The number of benzene rings is 1. The van der Waals surface area contributed by atoms with E-state index in [1.54, 1.807) is 6.07 Å². The fourth-order valence-corrected chi connectivity index (χ4v) is 2.99. The molecule has 1 aromatic carbocycles. The van der Waals surface area contributed by atoms with E-state index in [-0.39, 0.29) is 0 Å². The standard InChI is InChI=1S/C15H14ClF3N2/c1-9-5-6-21-12(7-9)13(16)20-14(21)10-3-2-4-11(8-10)15(17,18)19/h2-4,8-9H,5-7H2,1H3. The Morgan fingerprint density at radius 2 is 2.10 bits per heavy atom. The first-order valence-electron chi connectivity index (χ1n) is 6.79. The van der Waals surface area contributed by atoms with Crippen LogP contribution in [0.1, 0.15) is 24.6 Å². The second-order valence-corrected chi connectivity index (χ2v) is 5.86. The lowest BCUT2D eigenvalue weighted by molar-refractivity contribution is -0.137. The predicted molar refractivity (Wildman–Crippen MR) is 75.2 cm³/mol. The van der Waals surface area contributed by atoms with Crippen molar-refractivity contribution in [2.45, 2.75) is 32.5 Å². The summed E-state index contributed by atoms with van der Waals surface area (Å²) in [6, 6.07) is 5.23. The quantitative estimate of drug-likeness (QED) is 0.739. The molecule has 1 unspecified atom stereocenters. The number of aromatic nitrogens is 2. The molecule has 2 heterocycles. The molecule has 0 N–H and O–H groups in total. The van der Waals surface area contributed by atoms with Crippen LogP contribution in [0.25, 0.3) is 11.4 Å². The van der Waals surface area contributed by atoms with Gasteiger partial charge in [-0.15, -0.1) is 0 Å². The van der Waals surface area contributed by atoms with Crippen LogP contribution in [0.3, 0.4) is 0 Å². The van der Waals surface area contributed by atoms with Gasteiger partial charge in [-0.2, -0.15) is 13.2 Å². The van der Waals surface area contributed by atoms with Crippen molar-refractivity contribution in [3.8, 4) is 11.4 Å². The Kier molecular flexibility index (Phi) is 3.48. The lowest BCUT2D eigenvalue weighted by Crippen LogP contribution is -2.17. The molecule has 3 rings (SSSR count). The Hall–Kier alpha value is -1.49. The minimum absolute atomic E-state index is 0.397. The zero-order valence-electron chi connectivity index (χ0n) is 11.4. The van der Waals surface area contributed by atoms with Crippen LogP contribution in [0.2, 0.25) is 5.15 Å². The molecule has 0 spiro atoms. The van der Waals surface area contributed by atoms with Crippen LogP contribution < -0.4 is 0 Å². The molecule has 2 aromatic rings. The predicted octanol–water partition coefficient (Wildman–Crippen LogP) is 4.80. The first-order valence-corrected chi connectivity index (χ1v) is 7.16. The number of imidazole rings is 1. The summed E-state index contributed by atoms with van der Waals surface area (Å²) in [6.45, 7) is 2.87. The summed E-state index contributed by atoms with van der Waals surface area (Å²) >= 11 is 6.15. The monoisotopic (exact) mass is 314 g/mol. The number of hydrogen-bond acceptors (Lipinski definition) is 1. The minimum Gasteiger partial charge on any atom is -0.327 e. The summed E-state index contributed by atoms with van der Waals surface area (Å²) in [5, 5.41) is 0.397. The van der Waals surface area contributed by atoms with Gasteiger partial charge in [0.05, 0.1) is 11.3 Å². The van der Waals surface area contributed by atoms with Gasteiger partial charge in [-0.3, -0.25) is 0 Å². The maximum atomic E-state index is 12.8. The van der Waals surface area contributed by atoms with Gasteiger partial charge < -0.3 is 4.57 Å². The maximum Gasteiger partial charge on any atom is 0.416 e. The van der Waals surface area contributed by atoms with Crippen LogP contribution in [0.15, 0.2) is 24.3 Å². The van der Waals surface area contributed by atoms with Gasteiger partial charge in [-0.05, 0) is 30.9 Å². The third-order valence-electron chi connectivity index (χ3n) is 3.86. The van der Waals surface area contributed by atoms with E-state index in [4.69, 9.17) is 11.6 Å². The number of alkyl halides is 3. The molecular weight excluding hydrogens is 301 g/mol. The SMILES string of the molecule is CC1CCn2c(-c3cccc(C(F)(F)F)c3)nc(Cl)c2C1. The number of rotatable bonds is 1.